The van der Waals surface area contributed by atoms with E-state index >= 15 is 0 Å². The van der Waals surface area contributed by atoms with E-state index in [9.17, 15) is 0 Å². The molecule has 1 aromatic heterocycles. The van der Waals surface area contributed by atoms with Crippen molar-refractivity contribution < 1.29 is 0 Å². The number of thioether (sulfide) groups is 1. The van der Waals surface area contributed by atoms with E-state index in [0.717, 1.165) is 21.0 Å². The third kappa shape index (κ3) is 2.44. The predicted molar refractivity (Wildman–Crippen MR) is 89.2 cm³/mol. The molecule has 0 atom stereocenters. The summed E-state index contributed by atoms with van der Waals surface area (Å²) in [6.45, 7) is 0. The van der Waals surface area contributed by atoms with E-state index in [-0.39, 0.29) is 0 Å². The van der Waals surface area contributed by atoms with Crippen LogP contribution >= 0.6 is 23.1 Å². The van der Waals surface area contributed by atoms with Crippen molar-refractivity contribution in [2.45, 2.75) is 4.90 Å². The minimum absolute atomic E-state index is 0.607. The number of thiazole rings is 1. The van der Waals surface area contributed by atoms with Crippen LogP contribution in [0.2, 0.25) is 0 Å². The molecule has 3 rings (SSSR count). The van der Waals surface area contributed by atoms with E-state index in [4.69, 9.17) is 5.73 Å². The number of aromatic nitrogens is 1. The molecule has 0 aliphatic carbocycles. The van der Waals surface area contributed by atoms with Gasteiger partial charge in [0.15, 0.2) is 0 Å². The molecule has 100 valence electrons. The van der Waals surface area contributed by atoms with Gasteiger partial charge in [-0.2, -0.15) is 0 Å². The maximum Gasteiger partial charge on any atom is 0.143 e. The molecule has 0 unspecified atom stereocenters. The maximum absolute atomic E-state index is 6.12. The van der Waals surface area contributed by atoms with Crippen LogP contribution in [0.3, 0.4) is 0 Å². The first-order chi connectivity index (χ1) is 9.79. The topological polar surface area (TPSA) is 38.9 Å². The van der Waals surface area contributed by atoms with Crippen LogP contribution in [0.4, 0.5) is 5.82 Å². The Morgan fingerprint density at radius 2 is 1.70 bits per heavy atom. The molecule has 0 saturated carbocycles. The zero-order chi connectivity index (χ0) is 13.9. The van der Waals surface area contributed by atoms with Gasteiger partial charge in [-0.1, -0.05) is 48.5 Å². The molecule has 2 N–H and O–H groups in total. The molecular formula is C16H14N2S2. The summed E-state index contributed by atoms with van der Waals surface area (Å²) >= 11 is 3.37. The first-order valence-electron chi connectivity index (χ1n) is 6.24. The molecule has 0 spiro atoms. The average Bonchev–Trinajstić information content (AvgIpc) is 2.90. The van der Waals surface area contributed by atoms with Crippen LogP contribution in [0, 0.1) is 0 Å². The lowest BCUT2D eigenvalue weighted by molar-refractivity contribution is 1.40. The van der Waals surface area contributed by atoms with Crippen LogP contribution in [-0.2, 0) is 0 Å². The Kier molecular flexibility index (Phi) is 3.76. The Balaban J connectivity index is 2.10. The minimum Gasteiger partial charge on any atom is -0.382 e. The van der Waals surface area contributed by atoms with Crippen molar-refractivity contribution in [2.24, 2.45) is 0 Å². The van der Waals surface area contributed by atoms with Gasteiger partial charge in [0.05, 0.1) is 4.88 Å². The average molecular weight is 298 g/mol. The number of benzene rings is 2. The molecule has 3 aromatic rings. The summed E-state index contributed by atoms with van der Waals surface area (Å²) in [7, 11) is 0. The highest BCUT2D eigenvalue weighted by molar-refractivity contribution is 7.98. The van der Waals surface area contributed by atoms with Gasteiger partial charge in [0, 0.05) is 16.0 Å². The van der Waals surface area contributed by atoms with Gasteiger partial charge in [-0.05, 0) is 12.3 Å². The Bertz CT molecular complexity index is 720. The first kappa shape index (κ1) is 13.2. The van der Waals surface area contributed by atoms with Gasteiger partial charge in [-0.3, -0.25) is 0 Å². The summed E-state index contributed by atoms with van der Waals surface area (Å²) in [5.41, 5.74) is 8.40. The highest BCUT2D eigenvalue weighted by atomic mass is 32.2. The monoisotopic (exact) mass is 298 g/mol. The summed E-state index contributed by atoms with van der Waals surface area (Å²) < 4.78 is 0. The number of rotatable bonds is 3. The van der Waals surface area contributed by atoms with E-state index in [1.165, 1.54) is 4.90 Å². The van der Waals surface area contributed by atoms with Crippen LogP contribution in [0.15, 0.2) is 59.5 Å². The summed E-state index contributed by atoms with van der Waals surface area (Å²) in [6.07, 6.45) is 2.08. The predicted octanol–water partition coefficient (Wildman–Crippen LogP) is 4.78. The molecule has 0 bridgehead atoms. The summed E-state index contributed by atoms with van der Waals surface area (Å²) in [5.74, 6) is 0.607. The van der Waals surface area contributed by atoms with E-state index in [0.29, 0.717) is 5.82 Å². The van der Waals surface area contributed by atoms with E-state index < -0.39 is 0 Å². The van der Waals surface area contributed by atoms with Crippen molar-refractivity contribution >= 4 is 28.9 Å². The highest BCUT2D eigenvalue weighted by Gasteiger charge is 2.14. The van der Waals surface area contributed by atoms with E-state index in [1.807, 2.05) is 30.3 Å². The Labute approximate surface area is 126 Å². The fourth-order valence-corrected chi connectivity index (χ4v) is 3.76. The van der Waals surface area contributed by atoms with Crippen molar-refractivity contribution in [3.05, 3.63) is 54.6 Å². The van der Waals surface area contributed by atoms with Crippen molar-refractivity contribution in [1.29, 1.82) is 0 Å². The fraction of sp³-hybridized carbons (Fsp3) is 0.0625. The van der Waals surface area contributed by atoms with Gasteiger partial charge >= 0.3 is 0 Å². The van der Waals surface area contributed by atoms with Crippen LogP contribution in [-0.4, -0.2) is 11.2 Å². The van der Waals surface area contributed by atoms with E-state index in [1.54, 1.807) is 23.1 Å². The third-order valence-corrected chi connectivity index (χ3v) is 4.98. The Hall–Kier alpha value is -1.78. The number of nitrogens with zero attached hydrogens (tertiary/aromatic N) is 1. The lowest BCUT2D eigenvalue weighted by Gasteiger charge is -2.04. The largest absolute Gasteiger partial charge is 0.382 e. The molecule has 4 heteroatoms. The maximum atomic E-state index is 6.12. The zero-order valence-corrected chi connectivity index (χ0v) is 12.7. The normalized spacial score (nSPS) is 10.7. The molecule has 2 nitrogen and oxygen atoms in total. The third-order valence-electron chi connectivity index (χ3n) is 3.03. The van der Waals surface area contributed by atoms with Crippen LogP contribution in [0.25, 0.3) is 21.0 Å². The minimum atomic E-state index is 0.607. The standard InChI is InChI=1S/C16H14N2S2/c1-19-13-10-6-5-9-12(13)14-15(17)18-16(20-14)11-7-3-2-4-8-11/h2-10H,17H2,1H3. The second-order valence-corrected chi connectivity index (χ2v) is 6.15. The number of nitrogens with two attached hydrogens (primary N) is 1. The van der Waals surface area contributed by atoms with E-state index in [2.05, 4.69) is 35.5 Å². The fourth-order valence-electron chi connectivity index (χ4n) is 2.06. The van der Waals surface area contributed by atoms with Gasteiger partial charge in [0.2, 0.25) is 0 Å². The molecule has 0 fully saturated rings. The number of hydrogen-bond donors (Lipinski definition) is 1. The van der Waals surface area contributed by atoms with Gasteiger partial charge < -0.3 is 5.73 Å². The van der Waals surface area contributed by atoms with Gasteiger partial charge in [-0.25, -0.2) is 4.98 Å². The van der Waals surface area contributed by atoms with Crippen molar-refractivity contribution in [1.82, 2.24) is 4.98 Å². The van der Waals surface area contributed by atoms with Gasteiger partial charge in [0.25, 0.3) is 0 Å². The SMILES string of the molecule is CSc1ccccc1-c1sc(-c2ccccc2)nc1N. The van der Waals surface area contributed by atoms with Gasteiger partial charge in [0.1, 0.15) is 10.8 Å². The molecule has 0 radical (unpaired) electrons. The molecule has 1 heterocycles. The number of hydrogen-bond acceptors (Lipinski definition) is 4. The number of anilines is 1. The number of nitrogen functional groups attached to an aromatic ring is 1. The zero-order valence-electron chi connectivity index (χ0n) is 11.0. The molecule has 0 amide bonds. The van der Waals surface area contributed by atoms with Crippen LogP contribution < -0.4 is 5.73 Å². The Morgan fingerprint density at radius 1 is 1.00 bits per heavy atom. The molecule has 0 aliphatic heterocycles. The first-order valence-corrected chi connectivity index (χ1v) is 8.29. The molecular weight excluding hydrogens is 284 g/mol. The van der Waals surface area contributed by atoms with Crippen LogP contribution in [0.1, 0.15) is 0 Å². The summed E-state index contributed by atoms with van der Waals surface area (Å²) in [6, 6.07) is 18.5. The van der Waals surface area contributed by atoms with Crippen molar-refractivity contribution in [3.8, 4) is 21.0 Å². The lowest BCUT2D eigenvalue weighted by Crippen LogP contribution is -1.88. The molecule has 0 aliphatic rings. The van der Waals surface area contributed by atoms with Gasteiger partial charge in [-0.15, -0.1) is 23.1 Å². The Morgan fingerprint density at radius 3 is 2.45 bits per heavy atom. The quantitative estimate of drug-likeness (QED) is 0.707. The second-order valence-electron chi connectivity index (χ2n) is 4.30. The smallest absolute Gasteiger partial charge is 0.143 e. The second kappa shape index (κ2) is 5.69. The van der Waals surface area contributed by atoms with Crippen molar-refractivity contribution in [3.63, 3.8) is 0 Å². The van der Waals surface area contributed by atoms with Crippen LogP contribution in [0.5, 0.6) is 0 Å². The molecule has 2 aromatic carbocycles. The lowest BCUT2D eigenvalue weighted by atomic mass is 10.2. The molecule has 20 heavy (non-hydrogen) atoms. The summed E-state index contributed by atoms with van der Waals surface area (Å²) in [5, 5.41) is 0.967. The highest BCUT2D eigenvalue weighted by Crippen LogP contribution is 2.40. The molecule has 0 saturated heterocycles. The summed E-state index contributed by atoms with van der Waals surface area (Å²) in [4.78, 5) is 6.79. The van der Waals surface area contributed by atoms with Crippen molar-refractivity contribution in [2.75, 3.05) is 12.0 Å².